The lowest BCUT2D eigenvalue weighted by atomic mass is 9.91. The number of halogens is 1. The van der Waals surface area contributed by atoms with Crippen molar-refractivity contribution >= 4 is 33.3 Å². The van der Waals surface area contributed by atoms with Gasteiger partial charge in [0.1, 0.15) is 6.04 Å². The fourth-order valence-electron chi connectivity index (χ4n) is 4.51. The van der Waals surface area contributed by atoms with Crippen molar-refractivity contribution in [1.82, 2.24) is 4.90 Å². The Balaban J connectivity index is 1.89. The van der Waals surface area contributed by atoms with Gasteiger partial charge in [-0.3, -0.25) is 4.79 Å². The van der Waals surface area contributed by atoms with Gasteiger partial charge in [-0.05, 0) is 49.2 Å². The number of benzene rings is 3. The zero-order valence-corrected chi connectivity index (χ0v) is 21.0. The summed E-state index contributed by atoms with van der Waals surface area (Å²) in [5.74, 6) is -2.25. The molecule has 0 aliphatic carbocycles. The molecule has 0 bridgehead atoms. The van der Waals surface area contributed by atoms with E-state index in [0.29, 0.717) is 10.6 Å². The van der Waals surface area contributed by atoms with Crippen molar-refractivity contribution in [1.29, 1.82) is 0 Å². The van der Waals surface area contributed by atoms with E-state index < -0.39 is 38.9 Å². The molecular weight excluding hydrogens is 486 g/mol. The molecule has 0 unspecified atom stereocenters. The highest BCUT2D eigenvalue weighted by Gasteiger charge is 2.58. The Morgan fingerprint density at radius 1 is 0.971 bits per heavy atom. The van der Waals surface area contributed by atoms with Crippen molar-refractivity contribution in [3.63, 3.8) is 0 Å². The van der Waals surface area contributed by atoms with Crippen molar-refractivity contribution in [2.45, 2.75) is 42.5 Å². The summed E-state index contributed by atoms with van der Waals surface area (Å²) < 4.78 is 33.2. The molecule has 4 rings (SSSR count). The number of nitrogens with zero attached hydrogens (tertiary/aromatic N) is 1. The molecule has 182 valence electrons. The van der Waals surface area contributed by atoms with E-state index in [0.717, 1.165) is 11.1 Å². The lowest BCUT2D eigenvalue weighted by Gasteiger charge is -2.27. The first kappa shape index (κ1) is 24.9. The number of hydrogen-bond acceptors (Lipinski definition) is 5. The molecule has 3 aromatic rings. The summed E-state index contributed by atoms with van der Waals surface area (Å²) in [6.07, 6.45) is 0. The predicted molar refractivity (Wildman–Crippen MR) is 134 cm³/mol. The Labute approximate surface area is 210 Å². The van der Waals surface area contributed by atoms with Crippen LogP contribution in [0.5, 0.6) is 0 Å². The van der Waals surface area contributed by atoms with Gasteiger partial charge in [0.25, 0.3) is 0 Å². The van der Waals surface area contributed by atoms with Gasteiger partial charge in [-0.25, -0.2) is 13.2 Å². The van der Waals surface area contributed by atoms with Crippen LogP contribution in [0.25, 0.3) is 0 Å². The Hall–Kier alpha value is -3.16. The van der Waals surface area contributed by atoms with Gasteiger partial charge in [0, 0.05) is 17.5 Å². The molecular formula is C27H26ClNO5S. The van der Waals surface area contributed by atoms with E-state index in [4.69, 9.17) is 16.3 Å². The van der Waals surface area contributed by atoms with Crippen LogP contribution in [0.3, 0.4) is 0 Å². The van der Waals surface area contributed by atoms with E-state index >= 15 is 0 Å². The van der Waals surface area contributed by atoms with Gasteiger partial charge in [0.15, 0.2) is 15.1 Å². The third-order valence-electron chi connectivity index (χ3n) is 6.19. The second-order valence-corrected chi connectivity index (χ2v) is 11.0. The molecule has 1 heterocycles. The third-order valence-corrected chi connectivity index (χ3v) is 8.54. The molecule has 3 atom stereocenters. The number of hydrogen-bond donors (Lipinski definition) is 0. The molecule has 0 saturated carbocycles. The largest absolute Gasteiger partial charge is 0.464 e. The number of sulfone groups is 1. The lowest BCUT2D eigenvalue weighted by Crippen LogP contribution is -2.41. The second kappa shape index (κ2) is 10.2. The predicted octanol–water partition coefficient (Wildman–Crippen LogP) is 4.55. The molecule has 0 aromatic heterocycles. The molecule has 1 aliphatic heterocycles. The molecule has 1 saturated heterocycles. The lowest BCUT2D eigenvalue weighted by molar-refractivity contribution is -0.152. The maximum absolute atomic E-state index is 13.9. The first-order valence-electron chi connectivity index (χ1n) is 11.3. The van der Waals surface area contributed by atoms with Crippen molar-refractivity contribution in [3.8, 4) is 0 Å². The van der Waals surface area contributed by atoms with Gasteiger partial charge in [-0.1, -0.05) is 71.8 Å². The number of aryl methyl sites for hydroxylation is 1. The highest BCUT2D eigenvalue weighted by atomic mass is 35.5. The second-order valence-electron chi connectivity index (χ2n) is 8.50. The van der Waals surface area contributed by atoms with Crippen molar-refractivity contribution in [2.24, 2.45) is 0 Å². The van der Waals surface area contributed by atoms with E-state index in [2.05, 4.69) is 0 Å². The summed E-state index contributed by atoms with van der Waals surface area (Å²) in [6.45, 7) is 3.71. The summed E-state index contributed by atoms with van der Waals surface area (Å²) >= 11 is 6.08. The van der Waals surface area contributed by atoms with Crippen molar-refractivity contribution in [2.75, 3.05) is 6.61 Å². The first-order valence-corrected chi connectivity index (χ1v) is 13.2. The molecule has 0 spiro atoms. The topological polar surface area (TPSA) is 80.8 Å². The van der Waals surface area contributed by atoms with Crippen LogP contribution in [0, 0.1) is 6.92 Å². The number of amides is 1. The molecule has 35 heavy (non-hydrogen) atoms. The highest BCUT2D eigenvalue weighted by Crippen LogP contribution is 2.42. The Bertz CT molecular complexity index is 1310. The van der Waals surface area contributed by atoms with Crippen LogP contribution < -0.4 is 0 Å². The van der Waals surface area contributed by atoms with Gasteiger partial charge in [0.05, 0.1) is 11.5 Å². The number of rotatable bonds is 7. The molecule has 0 N–H and O–H groups in total. The first-order chi connectivity index (χ1) is 16.7. The van der Waals surface area contributed by atoms with Crippen LogP contribution in [-0.4, -0.2) is 43.1 Å². The average molecular weight is 512 g/mol. The van der Waals surface area contributed by atoms with Crippen LogP contribution >= 0.6 is 11.6 Å². The molecule has 1 fully saturated rings. The summed E-state index contributed by atoms with van der Waals surface area (Å²) in [5, 5.41) is -1.03. The quantitative estimate of drug-likeness (QED) is 0.435. The summed E-state index contributed by atoms with van der Waals surface area (Å²) in [5.41, 5.74) is 2.20. The fourth-order valence-corrected chi connectivity index (χ4v) is 6.54. The van der Waals surface area contributed by atoms with Crippen LogP contribution in [0.15, 0.2) is 83.8 Å². The monoisotopic (exact) mass is 511 g/mol. The summed E-state index contributed by atoms with van der Waals surface area (Å²) in [7, 11) is -4.15. The Morgan fingerprint density at radius 3 is 2.20 bits per heavy atom. The van der Waals surface area contributed by atoms with Gasteiger partial charge in [-0.2, -0.15) is 0 Å². The summed E-state index contributed by atoms with van der Waals surface area (Å²) in [4.78, 5) is 28.5. The number of carbonyl (C=O) groups excluding carboxylic acids is 2. The van der Waals surface area contributed by atoms with Gasteiger partial charge < -0.3 is 9.64 Å². The van der Waals surface area contributed by atoms with Gasteiger partial charge in [-0.15, -0.1) is 0 Å². The minimum Gasteiger partial charge on any atom is -0.464 e. The molecule has 0 radical (unpaired) electrons. The van der Waals surface area contributed by atoms with E-state index in [1.807, 2.05) is 37.3 Å². The maximum Gasteiger partial charge on any atom is 0.329 e. The van der Waals surface area contributed by atoms with Crippen LogP contribution in [0.2, 0.25) is 5.02 Å². The molecule has 6 nitrogen and oxygen atoms in total. The zero-order chi connectivity index (χ0) is 25.2. The number of likely N-dealkylation sites (tertiary alicyclic amines) is 1. The smallest absolute Gasteiger partial charge is 0.329 e. The Morgan fingerprint density at radius 2 is 1.60 bits per heavy atom. The zero-order valence-electron chi connectivity index (χ0n) is 19.4. The van der Waals surface area contributed by atoms with Crippen LogP contribution in [-0.2, 0) is 30.7 Å². The van der Waals surface area contributed by atoms with Crippen molar-refractivity contribution < 1.29 is 22.7 Å². The van der Waals surface area contributed by atoms with Gasteiger partial charge >= 0.3 is 5.97 Å². The van der Waals surface area contributed by atoms with E-state index in [1.165, 1.54) is 17.0 Å². The molecule has 1 aliphatic rings. The van der Waals surface area contributed by atoms with Crippen LogP contribution in [0.1, 0.15) is 29.5 Å². The standard InChI is InChI=1S/C27H26ClNO5S/c1-3-34-27(31)24-23(20-11-13-21(28)14-12-20)25(35(32,33)22-15-9-18(2)10-16-22)26(30)29(24)17-19-7-5-4-6-8-19/h4-16,23-25H,3,17H2,1-2H3/t23-,24+,25+/m0/s1. The number of carbonyl (C=O) groups is 2. The Kier molecular flexibility index (Phi) is 7.28. The maximum atomic E-state index is 13.9. The minimum absolute atomic E-state index is 0.0320. The normalized spacial score (nSPS) is 20.1. The fraction of sp³-hybridized carbons (Fsp3) is 0.259. The van der Waals surface area contributed by atoms with E-state index in [1.54, 1.807) is 43.3 Å². The molecule has 8 heteroatoms. The van der Waals surface area contributed by atoms with Crippen molar-refractivity contribution in [3.05, 3.63) is 101 Å². The third kappa shape index (κ3) is 4.97. The van der Waals surface area contributed by atoms with Crippen LogP contribution in [0.4, 0.5) is 0 Å². The average Bonchev–Trinajstić information content (AvgIpc) is 3.13. The highest BCUT2D eigenvalue weighted by molar-refractivity contribution is 7.93. The molecule has 1 amide bonds. The molecule has 3 aromatic carbocycles. The number of esters is 1. The minimum atomic E-state index is -4.15. The van der Waals surface area contributed by atoms with E-state index in [-0.39, 0.29) is 18.0 Å². The van der Waals surface area contributed by atoms with E-state index in [9.17, 15) is 18.0 Å². The SMILES string of the molecule is CCOC(=O)[C@H]1[C@H](c2ccc(Cl)cc2)[C@@H](S(=O)(=O)c2ccc(C)cc2)C(=O)N1Cc1ccccc1. The number of ether oxygens (including phenoxy) is 1. The van der Waals surface area contributed by atoms with Gasteiger partial charge in [0.2, 0.25) is 5.91 Å². The summed E-state index contributed by atoms with van der Waals surface area (Å²) in [6, 6.07) is 21.0.